The molecule has 0 fully saturated rings. The Labute approximate surface area is 141 Å². The van der Waals surface area contributed by atoms with Crippen LogP contribution in [0.25, 0.3) is 0 Å². The first kappa shape index (κ1) is 15.9. The van der Waals surface area contributed by atoms with Gasteiger partial charge < -0.3 is 5.32 Å². The summed E-state index contributed by atoms with van der Waals surface area (Å²) in [5.41, 5.74) is 3.31. The largest absolute Gasteiger partial charge is 0.344 e. The smallest absolute Gasteiger partial charge is 0.274 e. The van der Waals surface area contributed by atoms with Crippen molar-refractivity contribution < 1.29 is 4.79 Å². The molecular weight excluding hydrogens is 300 g/mol. The number of carbonyl (C=O) groups excluding carboxylic acids is 1. The number of nitrogens with one attached hydrogen (secondary N) is 1. The zero-order chi connectivity index (χ0) is 16.9. The maximum atomic E-state index is 12.5. The fourth-order valence-corrected chi connectivity index (χ4v) is 2.57. The van der Waals surface area contributed by atoms with E-state index in [1.54, 1.807) is 4.68 Å². The van der Waals surface area contributed by atoms with Crippen LogP contribution in [0.4, 0.5) is 0 Å². The molecule has 24 heavy (non-hydrogen) atoms. The van der Waals surface area contributed by atoms with Gasteiger partial charge in [0.15, 0.2) is 5.69 Å². The molecule has 0 bridgehead atoms. The predicted octanol–water partition coefficient (Wildman–Crippen LogP) is 3.13. The molecule has 122 valence electrons. The van der Waals surface area contributed by atoms with Crippen molar-refractivity contribution in [1.29, 1.82) is 0 Å². The molecule has 1 heterocycles. The minimum Gasteiger partial charge on any atom is -0.344 e. The molecule has 1 unspecified atom stereocenters. The molecule has 1 N–H and O–H groups in total. The van der Waals surface area contributed by atoms with E-state index in [1.807, 2.05) is 74.5 Å². The van der Waals surface area contributed by atoms with Crippen LogP contribution in [0.2, 0.25) is 0 Å². The fraction of sp³-hybridized carbons (Fsp3) is 0.211. The van der Waals surface area contributed by atoms with Gasteiger partial charge in [-0.05, 0) is 25.0 Å². The van der Waals surface area contributed by atoms with Crippen molar-refractivity contribution in [2.24, 2.45) is 0 Å². The van der Waals surface area contributed by atoms with Crippen LogP contribution in [0.15, 0.2) is 60.7 Å². The Kier molecular flexibility index (Phi) is 4.70. The normalized spacial score (nSPS) is 11.9. The van der Waals surface area contributed by atoms with Crippen molar-refractivity contribution in [3.63, 3.8) is 0 Å². The highest BCUT2D eigenvalue weighted by Crippen LogP contribution is 2.13. The zero-order valence-electron chi connectivity index (χ0n) is 13.8. The molecule has 1 aromatic heterocycles. The van der Waals surface area contributed by atoms with Gasteiger partial charge in [-0.15, -0.1) is 5.10 Å². The zero-order valence-corrected chi connectivity index (χ0v) is 13.8. The van der Waals surface area contributed by atoms with Crippen LogP contribution in [0.3, 0.4) is 0 Å². The Morgan fingerprint density at radius 3 is 2.38 bits per heavy atom. The summed E-state index contributed by atoms with van der Waals surface area (Å²) in [5, 5.41) is 11.2. The molecule has 1 atom stereocenters. The molecule has 5 heteroatoms. The summed E-state index contributed by atoms with van der Waals surface area (Å²) < 4.78 is 1.75. The van der Waals surface area contributed by atoms with Gasteiger partial charge in [0.2, 0.25) is 0 Å². The van der Waals surface area contributed by atoms with Crippen LogP contribution in [-0.4, -0.2) is 20.9 Å². The SMILES string of the molecule is Cc1c(C(=O)NC(C)c2ccccc2)nnn1Cc1ccccc1. The highest BCUT2D eigenvalue weighted by Gasteiger charge is 2.18. The van der Waals surface area contributed by atoms with E-state index in [1.165, 1.54) is 0 Å². The van der Waals surface area contributed by atoms with Crippen molar-refractivity contribution in [3.8, 4) is 0 Å². The number of hydrogen-bond acceptors (Lipinski definition) is 3. The third-order valence-corrected chi connectivity index (χ3v) is 4.02. The third kappa shape index (κ3) is 3.51. The monoisotopic (exact) mass is 320 g/mol. The van der Waals surface area contributed by atoms with Gasteiger partial charge in [-0.3, -0.25) is 4.79 Å². The highest BCUT2D eigenvalue weighted by atomic mass is 16.2. The minimum atomic E-state index is -0.205. The van der Waals surface area contributed by atoms with Crippen molar-refractivity contribution in [1.82, 2.24) is 20.3 Å². The summed E-state index contributed by atoms with van der Waals surface area (Å²) in [6.07, 6.45) is 0. The van der Waals surface area contributed by atoms with Gasteiger partial charge in [0, 0.05) is 0 Å². The minimum absolute atomic E-state index is 0.0858. The number of carbonyl (C=O) groups is 1. The number of benzene rings is 2. The van der Waals surface area contributed by atoms with Crippen LogP contribution >= 0.6 is 0 Å². The lowest BCUT2D eigenvalue weighted by atomic mass is 10.1. The molecule has 0 aliphatic heterocycles. The fourth-order valence-electron chi connectivity index (χ4n) is 2.57. The molecule has 0 spiro atoms. The topological polar surface area (TPSA) is 59.8 Å². The first-order valence-corrected chi connectivity index (χ1v) is 7.95. The van der Waals surface area contributed by atoms with Gasteiger partial charge in [-0.25, -0.2) is 4.68 Å². The van der Waals surface area contributed by atoms with E-state index < -0.39 is 0 Å². The van der Waals surface area contributed by atoms with E-state index >= 15 is 0 Å². The van der Waals surface area contributed by atoms with E-state index in [0.29, 0.717) is 12.2 Å². The van der Waals surface area contributed by atoms with Crippen LogP contribution in [0, 0.1) is 6.92 Å². The molecule has 5 nitrogen and oxygen atoms in total. The second-order valence-electron chi connectivity index (χ2n) is 5.77. The summed E-state index contributed by atoms with van der Waals surface area (Å²) in [6.45, 7) is 4.42. The van der Waals surface area contributed by atoms with Gasteiger partial charge >= 0.3 is 0 Å². The van der Waals surface area contributed by atoms with E-state index in [2.05, 4.69) is 15.6 Å². The summed E-state index contributed by atoms with van der Waals surface area (Å²) in [4.78, 5) is 12.5. The number of rotatable bonds is 5. The van der Waals surface area contributed by atoms with Gasteiger partial charge in [-0.1, -0.05) is 65.9 Å². The van der Waals surface area contributed by atoms with E-state index in [9.17, 15) is 4.79 Å². The molecule has 0 aliphatic carbocycles. The van der Waals surface area contributed by atoms with Crippen LogP contribution < -0.4 is 5.32 Å². The number of aromatic nitrogens is 3. The van der Waals surface area contributed by atoms with Crippen molar-refractivity contribution in [3.05, 3.63) is 83.2 Å². The first-order chi connectivity index (χ1) is 11.6. The second kappa shape index (κ2) is 7.08. The first-order valence-electron chi connectivity index (χ1n) is 7.95. The molecular formula is C19H20N4O. The Morgan fingerprint density at radius 1 is 1.08 bits per heavy atom. The summed E-state index contributed by atoms with van der Waals surface area (Å²) in [7, 11) is 0. The lowest BCUT2D eigenvalue weighted by Crippen LogP contribution is -2.27. The highest BCUT2D eigenvalue weighted by molar-refractivity contribution is 5.93. The molecule has 0 saturated heterocycles. The quantitative estimate of drug-likeness (QED) is 0.786. The Balaban J connectivity index is 1.72. The Hall–Kier alpha value is -2.95. The van der Waals surface area contributed by atoms with Crippen LogP contribution in [0.5, 0.6) is 0 Å². The van der Waals surface area contributed by atoms with Gasteiger partial charge in [0.05, 0.1) is 18.3 Å². The van der Waals surface area contributed by atoms with Crippen LogP contribution in [0.1, 0.15) is 40.3 Å². The maximum Gasteiger partial charge on any atom is 0.274 e. The lowest BCUT2D eigenvalue weighted by Gasteiger charge is -2.13. The average Bonchev–Trinajstić information content (AvgIpc) is 2.97. The summed E-state index contributed by atoms with van der Waals surface area (Å²) >= 11 is 0. The third-order valence-electron chi connectivity index (χ3n) is 4.02. The second-order valence-corrected chi connectivity index (χ2v) is 5.77. The molecule has 2 aromatic carbocycles. The van der Waals surface area contributed by atoms with Gasteiger partial charge in [-0.2, -0.15) is 0 Å². The standard InChI is InChI=1S/C19H20N4O/c1-14(17-11-7-4-8-12-17)20-19(24)18-15(2)23(22-21-18)13-16-9-5-3-6-10-16/h3-12,14H,13H2,1-2H3,(H,20,24). The predicted molar refractivity (Wildman–Crippen MR) is 92.6 cm³/mol. The van der Waals surface area contributed by atoms with Crippen LogP contribution in [-0.2, 0) is 6.54 Å². The lowest BCUT2D eigenvalue weighted by molar-refractivity contribution is 0.0934. The Morgan fingerprint density at radius 2 is 1.71 bits per heavy atom. The van der Waals surface area contributed by atoms with Crippen molar-refractivity contribution >= 4 is 5.91 Å². The van der Waals surface area contributed by atoms with Gasteiger partial charge in [0.25, 0.3) is 5.91 Å². The number of amides is 1. The number of hydrogen-bond donors (Lipinski definition) is 1. The summed E-state index contributed by atoms with van der Waals surface area (Å²) in [6, 6.07) is 19.8. The molecule has 0 radical (unpaired) electrons. The Bertz CT molecular complexity index is 812. The molecule has 0 aliphatic rings. The molecule has 3 aromatic rings. The van der Waals surface area contributed by atoms with Crippen molar-refractivity contribution in [2.45, 2.75) is 26.4 Å². The maximum absolute atomic E-state index is 12.5. The van der Waals surface area contributed by atoms with Crippen molar-refractivity contribution in [2.75, 3.05) is 0 Å². The average molecular weight is 320 g/mol. The molecule has 3 rings (SSSR count). The van der Waals surface area contributed by atoms with E-state index in [0.717, 1.165) is 16.8 Å². The molecule has 1 amide bonds. The van der Waals surface area contributed by atoms with E-state index in [-0.39, 0.29) is 11.9 Å². The molecule has 0 saturated carbocycles. The number of nitrogens with zero attached hydrogens (tertiary/aromatic N) is 3. The summed E-state index contributed by atoms with van der Waals surface area (Å²) in [5.74, 6) is -0.205. The van der Waals surface area contributed by atoms with E-state index in [4.69, 9.17) is 0 Å². The van der Waals surface area contributed by atoms with Gasteiger partial charge in [0.1, 0.15) is 0 Å².